The average molecular weight is 299 g/mol. The van der Waals surface area contributed by atoms with Crippen molar-refractivity contribution in [3.05, 3.63) is 71.0 Å². The monoisotopic (exact) mass is 299 g/mol. The van der Waals surface area contributed by atoms with Crippen LogP contribution in [-0.4, -0.2) is 25.5 Å². The van der Waals surface area contributed by atoms with Crippen molar-refractivity contribution in [1.29, 1.82) is 0 Å². The third kappa shape index (κ3) is 3.21. The molecular formula is C19H22FNO. The zero-order valence-corrected chi connectivity index (χ0v) is 13.1. The quantitative estimate of drug-likeness (QED) is 0.815. The summed E-state index contributed by atoms with van der Waals surface area (Å²) < 4.78 is 19.4. The fraction of sp³-hybridized carbons (Fsp3) is 0.368. The van der Waals surface area contributed by atoms with Gasteiger partial charge in [0.2, 0.25) is 0 Å². The van der Waals surface area contributed by atoms with Gasteiger partial charge in [-0.05, 0) is 62.3 Å². The van der Waals surface area contributed by atoms with Gasteiger partial charge >= 0.3 is 0 Å². The van der Waals surface area contributed by atoms with Gasteiger partial charge in [-0.15, -0.1) is 0 Å². The Labute approximate surface area is 131 Å². The lowest BCUT2D eigenvalue weighted by atomic mass is 9.96. The fourth-order valence-corrected chi connectivity index (χ4v) is 3.07. The Morgan fingerprint density at radius 1 is 1.00 bits per heavy atom. The first kappa shape index (κ1) is 15.2. The van der Waals surface area contributed by atoms with Crippen molar-refractivity contribution < 1.29 is 9.13 Å². The van der Waals surface area contributed by atoms with Crippen LogP contribution in [0.2, 0.25) is 0 Å². The molecule has 0 bridgehead atoms. The van der Waals surface area contributed by atoms with Crippen LogP contribution >= 0.6 is 0 Å². The summed E-state index contributed by atoms with van der Waals surface area (Å²) in [4.78, 5) is 2.19. The minimum absolute atomic E-state index is 0.0823. The first-order chi connectivity index (χ1) is 10.6. The lowest BCUT2D eigenvalue weighted by Gasteiger charge is -2.16. The molecule has 1 aliphatic rings. The van der Waals surface area contributed by atoms with Crippen LogP contribution in [0.4, 0.5) is 4.39 Å². The number of hydrogen-bond donors (Lipinski definition) is 0. The molecule has 0 N–H and O–H groups in total. The number of halogens is 1. The summed E-state index contributed by atoms with van der Waals surface area (Å²) in [7, 11) is 4.18. The second-order valence-electron chi connectivity index (χ2n) is 6.13. The number of ether oxygens (including phenoxy) is 1. The molecular weight excluding hydrogens is 277 g/mol. The highest BCUT2D eigenvalue weighted by atomic mass is 19.1. The van der Waals surface area contributed by atoms with E-state index >= 15 is 0 Å². The lowest BCUT2D eigenvalue weighted by Crippen LogP contribution is -2.14. The van der Waals surface area contributed by atoms with Crippen molar-refractivity contribution in [3.8, 4) is 0 Å². The maximum Gasteiger partial charge on any atom is 0.123 e. The normalized spacial score (nSPS) is 20.4. The summed E-state index contributed by atoms with van der Waals surface area (Å²) >= 11 is 0. The number of nitrogens with zero attached hydrogens (tertiary/aromatic N) is 1. The lowest BCUT2D eigenvalue weighted by molar-refractivity contribution is 0.0264. The van der Waals surface area contributed by atoms with Gasteiger partial charge in [-0.1, -0.05) is 36.4 Å². The molecule has 22 heavy (non-hydrogen) atoms. The maximum atomic E-state index is 13.1. The number of benzene rings is 2. The Balaban J connectivity index is 1.81. The summed E-state index contributed by atoms with van der Waals surface area (Å²) in [5, 5.41) is 0. The van der Waals surface area contributed by atoms with Gasteiger partial charge in [0.1, 0.15) is 11.9 Å². The molecule has 0 saturated carbocycles. The van der Waals surface area contributed by atoms with E-state index in [4.69, 9.17) is 4.74 Å². The summed E-state index contributed by atoms with van der Waals surface area (Å²) in [5.41, 5.74) is 3.50. The summed E-state index contributed by atoms with van der Waals surface area (Å²) in [6.07, 6.45) is 2.15. The molecule has 2 aromatic rings. The van der Waals surface area contributed by atoms with Gasteiger partial charge < -0.3 is 9.64 Å². The first-order valence-electron chi connectivity index (χ1n) is 7.79. The van der Waals surface area contributed by atoms with Crippen LogP contribution in [0.3, 0.4) is 0 Å². The smallest absolute Gasteiger partial charge is 0.123 e. The Bertz CT molecular complexity index is 624. The Hall–Kier alpha value is -1.71. The molecule has 2 unspecified atom stereocenters. The number of fused-ring (bicyclic) bond motifs is 1. The van der Waals surface area contributed by atoms with Gasteiger partial charge in [-0.2, -0.15) is 0 Å². The van der Waals surface area contributed by atoms with Crippen molar-refractivity contribution in [3.63, 3.8) is 0 Å². The number of hydrogen-bond acceptors (Lipinski definition) is 2. The van der Waals surface area contributed by atoms with E-state index in [0.717, 1.165) is 24.9 Å². The molecule has 0 amide bonds. The van der Waals surface area contributed by atoms with E-state index in [2.05, 4.69) is 37.2 Å². The minimum Gasteiger partial charge on any atom is -0.361 e. The molecule has 0 aliphatic carbocycles. The van der Waals surface area contributed by atoms with Crippen LogP contribution in [0.15, 0.2) is 48.5 Å². The third-order valence-electron chi connectivity index (χ3n) is 4.17. The molecule has 2 nitrogen and oxygen atoms in total. The van der Waals surface area contributed by atoms with Crippen molar-refractivity contribution in [2.45, 2.75) is 25.0 Å². The molecule has 0 aromatic heterocycles. The van der Waals surface area contributed by atoms with Crippen molar-refractivity contribution in [2.24, 2.45) is 0 Å². The Morgan fingerprint density at radius 3 is 2.36 bits per heavy atom. The third-order valence-corrected chi connectivity index (χ3v) is 4.17. The van der Waals surface area contributed by atoms with Crippen molar-refractivity contribution in [2.75, 3.05) is 20.6 Å². The van der Waals surface area contributed by atoms with Gasteiger partial charge in [0.25, 0.3) is 0 Å². The zero-order valence-electron chi connectivity index (χ0n) is 13.1. The highest BCUT2D eigenvalue weighted by molar-refractivity contribution is 5.40. The molecule has 2 aromatic carbocycles. The molecule has 0 fully saturated rings. The summed E-state index contributed by atoms with van der Waals surface area (Å²) in [6.45, 7) is 1.06. The molecule has 0 spiro atoms. The second kappa shape index (κ2) is 6.59. The van der Waals surface area contributed by atoms with E-state index < -0.39 is 0 Å². The van der Waals surface area contributed by atoms with E-state index in [1.54, 1.807) is 0 Å². The molecule has 1 aliphatic heterocycles. The van der Waals surface area contributed by atoms with Crippen LogP contribution in [0, 0.1) is 5.82 Å². The first-order valence-corrected chi connectivity index (χ1v) is 7.79. The SMILES string of the molecule is CN(C)CCCC1OC(c2ccc(F)cc2)c2ccccc21. The van der Waals surface area contributed by atoms with Gasteiger partial charge in [0.15, 0.2) is 0 Å². The molecule has 3 heteroatoms. The zero-order chi connectivity index (χ0) is 15.5. The largest absolute Gasteiger partial charge is 0.361 e. The Kier molecular flexibility index (Phi) is 4.55. The molecule has 1 heterocycles. The van der Waals surface area contributed by atoms with Gasteiger partial charge in [0.05, 0.1) is 6.10 Å². The molecule has 3 rings (SSSR count). The van der Waals surface area contributed by atoms with Gasteiger partial charge in [0, 0.05) is 0 Å². The summed E-state index contributed by atoms with van der Waals surface area (Å²) in [6, 6.07) is 15.0. The maximum absolute atomic E-state index is 13.1. The second-order valence-corrected chi connectivity index (χ2v) is 6.13. The van der Waals surface area contributed by atoms with E-state index in [9.17, 15) is 4.39 Å². The average Bonchev–Trinajstić information content (AvgIpc) is 2.87. The van der Waals surface area contributed by atoms with Gasteiger partial charge in [-0.25, -0.2) is 4.39 Å². The van der Waals surface area contributed by atoms with E-state index in [-0.39, 0.29) is 18.0 Å². The van der Waals surface area contributed by atoms with Crippen LogP contribution in [0.25, 0.3) is 0 Å². The summed E-state index contributed by atoms with van der Waals surface area (Å²) in [5.74, 6) is -0.211. The minimum atomic E-state index is -0.211. The van der Waals surface area contributed by atoms with Crippen LogP contribution in [-0.2, 0) is 4.74 Å². The molecule has 116 valence electrons. The predicted octanol–water partition coefficient (Wildman–Crippen LogP) is 4.33. The van der Waals surface area contributed by atoms with Crippen LogP contribution < -0.4 is 0 Å². The highest BCUT2D eigenvalue weighted by Crippen LogP contribution is 2.44. The molecule has 0 saturated heterocycles. The van der Waals surface area contributed by atoms with Crippen molar-refractivity contribution in [1.82, 2.24) is 4.90 Å². The number of rotatable bonds is 5. The predicted molar refractivity (Wildman–Crippen MR) is 86.3 cm³/mol. The van der Waals surface area contributed by atoms with Gasteiger partial charge in [-0.3, -0.25) is 0 Å². The van der Waals surface area contributed by atoms with E-state index in [1.165, 1.54) is 23.3 Å². The van der Waals surface area contributed by atoms with Crippen LogP contribution in [0.1, 0.15) is 41.7 Å². The fourth-order valence-electron chi connectivity index (χ4n) is 3.07. The molecule has 2 atom stereocenters. The van der Waals surface area contributed by atoms with E-state index in [0.29, 0.717) is 0 Å². The van der Waals surface area contributed by atoms with Crippen molar-refractivity contribution >= 4 is 0 Å². The van der Waals surface area contributed by atoms with E-state index in [1.807, 2.05) is 18.2 Å². The molecule has 0 radical (unpaired) electrons. The van der Waals surface area contributed by atoms with Crippen LogP contribution in [0.5, 0.6) is 0 Å². The topological polar surface area (TPSA) is 12.5 Å². The highest BCUT2D eigenvalue weighted by Gasteiger charge is 2.31. The standard InChI is InChI=1S/C19H22FNO/c1-21(2)13-5-8-18-16-6-3-4-7-17(16)19(22-18)14-9-11-15(20)12-10-14/h3-4,6-7,9-12,18-19H,5,8,13H2,1-2H3. The Morgan fingerprint density at radius 2 is 1.68 bits per heavy atom.